The summed E-state index contributed by atoms with van der Waals surface area (Å²) in [6.45, 7) is 5.62. The summed E-state index contributed by atoms with van der Waals surface area (Å²) in [5.74, 6) is 0. The van der Waals surface area contributed by atoms with E-state index in [0.29, 0.717) is 0 Å². The molecule has 0 aromatic heterocycles. The fourth-order valence-corrected chi connectivity index (χ4v) is 2.24. The lowest BCUT2D eigenvalue weighted by Crippen LogP contribution is -2.35. The molecule has 0 bridgehead atoms. The van der Waals surface area contributed by atoms with Crippen molar-refractivity contribution in [2.24, 2.45) is 5.73 Å². The van der Waals surface area contributed by atoms with Gasteiger partial charge in [0.1, 0.15) is 0 Å². The summed E-state index contributed by atoms with van der Waals surface area (Å²) in [5, 5.41) is 0. The van der Waals surface area contributed by atoms with Crippen LogP contribution in [0.5, 0.6) is 0 Å². The van der Waals surface area contributed by atoms with Crippen LogP contribution in [0, 0.1) is 0 Å². The number of hydrogen-bond acceptors (Lipinski definition) is 3. The van der Waals surface area contributed by atoms with Gasteiger partial charge in [0.15, 0.2) is 0 Å². The van der Waals surface area contributed by atoms with Crippen LogP contribution >= 0.6 is 0 Å². The number of likely N-dealkylation sites (tertiary alicyclic amines) is 1. The van der Waals surface area contributed by atoms with Crippen molar-refractivity contribution in [3.63, 3.8) is 0 Å². The molecular formula is C13H20N2O. The summed E-state index contributed by atoms with van der Waals surface area (Å²) in [4.78, 5) is 2.36. The van der Waals surface area contributed by atoms with Gasteiger partial charge in [-0.2, -0.15) is 0 Å². The first-order chi connectivity index (χ1) is 7.79. The lowest BCUT2D eigenvalue weighted by atomic mass is 10.2. The van der Waals surface area contributed by atoms with Crippen LogP contribution in [0.15, 0.2) is 30.3 Å². The first kappa shape index (κ1) is 11.6. The Labute approximate surface area is 97.2 Å². The Morgan fingerprint density at radius 2 is 2.06 bits per heavy atom. The molecular weight excluding hydrogens is 200 g/mol. The number of rotatable bonds is 4. The predicted octanol–water partition coefficient (Wildman–Crippen LogP) is 1.23. The fourth-order valence-electron chi connectivity index (χ4n) is 2.24. The first-order valence-corrected chi connectivity index (χ1v) is 5.93. The monoisotopic (exact) mass is 220 g/mol. The smallest absolute Gasteiger partial charge is 0.0864 e. The molecule has 0 spiro atoms. The summed E-state index contributed by atoms with van der Waals surface area (Å²) in [7, 11) is 0. The number of nitrogens with zero attached hydrogens (tertiary/aromatic N) is 1. The van der Waals surface area contributed by atoms with E-state index in [1.165, 1.54) is 5.56 Å². The van der Waals surface area contributed by atoms with Gasteiger partial charge >= 0.3 is 0 Å². The Morgan fingerprint density at radius 1 is 1.31 bits per heavy atom. The van der Waals surface area contributed by atoms with Crippen molar-refractivity contribution in [1.29, 1.82) is 0 Å². The molecule has 1 aromatic carbocycles. The highest BCUT2D eigenvalue weighted by Gasteiger charge is 2.30. The highest BCUT2D eigenvalue weighted by atomic mass is 16.5. The Morgan fingerprint density at radius 3 is 2.75 bits per heavy atom. The van der Waals surface area contributed by atoms with E-state index < -0.39 is 0 Å². The molecule has 0 unspecified atom stereocenters. The minimum atomic E-state index is 0.156. The van der Waals surface area contributed by atoms with Crippen LogP contribution < -0.4 is 5.73 Å². The maximum atomic E-state index is 6.04. The van der Waals surface area contributed by atoms with Crippen LogP contribution in [0.1, 0.15) is 12.5 Å². The van der Waals surface area contributed by atoms with Crippen LogP contribution in [0.2, 0.25) is 0 Å². The second kappa shape index (κ2) is 5.43. The molecule has 2 rings (SSSR count). The van der Waals surface area contributed by atoms with Crippen LogP contribution in [0.25, 0.3) is 0 Å². The SMILES string of the molecule is CCO[C@@H]1CN(Cc2ccccc2)C[C@@H]1N. The van der Waals surface area contributed by atoms with Gasteiger partial charge in [0.2, 0.25) is 0 Å². The van der Waals surface area contributed by atoms with Crippen LogP contribution in [0.4, 0.5) is 0 Å². The molecule has 1 heterocycles. The highest BCUT2D eigenvalue weighted by Crippen LogP contribution is 2.15. The first-order valence-electron chi connectivity index (χ1n) is 5.93. The maximum absolute atomic E-state index is 6.04. The third kappa shape index (κ3) is 2.82. The molecule has 16 heavy (non-hydrogen) atoms. The molecule has 0 saturated carbocycles. The standard InChI is InChI=1S/C13H20N2O/c1-2-16-13-10-15(9-12(13)14)8-11-6-4-3-5-7-11/h3-7,12-13H,2,8-10,14H2,1H3/t12-,13+/m0/s1. The quantitative estimate of drug-likeness (QED) is 0.829. The average molecular weight is 220 g/mol. The van der Waals surface area contributed by atoms with Gasteiger partial charge in [-0.1, -0.05) is 30.3 Å². The Bertz CT molecular complexity index is 315. The summed E-state index contributed by atoms with van der Waals surface area (Å²) in [6, 6.07) is 10.7. The number of benzene rings is 1. The molecule has 1 aliphatic rings. The second-order valence-corrected chi connectivity index (χ2v) is 4.34. The summed E-state index contributed by atoms with van der Waals surface area (Å²) in [5.41, 5.74) is 7.38. The van der Waals surface area contributed by atoms with Crippen molar-refractivity contribution in [3.05, 3.63) is 35.9 Å². The van der Waals surface area contributed by atoms with E-state index in [4.69, 9.17) is 10.5 Å². The molecule has 88 valence electrons. The van der Waals surface area contributed by atoms with Gasteiger partial charge < -0.3 is 10.5 Å². The van der Waals surface area contributed by atoms with Gasteiger partial charge in [-0.05, 0) is 12.5 Å². The molecule has 1 aliphatic heterocycles. The maximum Gasteiger partial charge on any atom is 0.0864 e. The van der Waals surface area contributed by atoms with E-state index in [1.54, 1.807) is 0 Å². The summed E-state index contributed by atoms with van der Waals surface area (Å²) >= 11 is 0. The van der Waals surface area contributed by atoms with Gasteiger partial charge in [0, 0.05) is 32.3 Å². The van der Waals surface area contributed by atoms with E-state index >= 15 is 0 Å². The lowest BCUT2D eigenvalue weighted by molar-refractivity contribution is 0.0599. The van der Waals surface area contributed by atoms with Crippen molar-refractivity contribution >= 4 is 0 Å². The minimum absolute atomic E-state index is 0.156. The van der Waals surface area contributed by atoms with Crippen molar-refractivity contribution in [1.82, 2.24) is 4.90 Å². The zero-order valence-electron chi connectivity index (χ0n) is 9.80. The van der Waals surface area contributed by atoms with E-state index in [-0.39, 0.29) is 12.1 Å². The highest BCUT2D eigenvalue weighted by molar-refractivity contribution is 5.14. The van der Waals surface area contributed by atoms with Crippen molar-refractivity contribution in [3.8, 4) is 0 Å². The Kier molecular flexibility index (Phi) is 3.93. The third-order valence-corrected chi connectivity index (χ3v) is 3.01. The number of nitrogens with two attached hydrogens (primary N) is 1. The molecule has 1 aromatic rings. The van der Waals surface area contributed by atoms with E-state index in [1.807, 2.05) is 13.0 Å². The summed E-state index contributed by atoms with van der Waals surface area (Å²) in [6.07, 6.45) is 0.203. The fraction of sp³-hybridized carbons (Fsp3) is 0.538. The van der Waals surface area contributed by atoms with Crippen molar-refractivity contribution in [2.45, 2.75) is 25.6 Å². The molecule has 2 N–H and O–H groups in total. The second-order valence-electron chi connectivity index (χ2n) is 4.34. The summed E-state index contributed by atoms with van der Waals surface area (Å²) < 4.78 is 5.62. The van der Waals surface area contributed by atoms with E-state index in [9.17, 15) is 0 Å². The molecule has 2 atom stereocenters. The molecule has 0 radical (unpaired) electrons. The molecule has 1 fully saturated rings. The van der Waals surface area contributed by atoms with Gasteiger partial charge in [-0.15, -0.1) is 0 Å². The largest absolute Gasteiger partial charge is 0.376 e. The van der Waals surface area contributed by atoms with E-state index in [2.05, 4.69) is 29.2 Å². The van der Waals surface area contributed by atoms with Crippen LogP contribution in [0.3, 0.4) is 0 Å². The predicted molar refractivity (Wildman–Crippen MR) is 65.1 cm³/mol. The minimum Gasteiger partial charge on any atom is -0.376 e. The number of ether oxygens (including phenoxy) is 1. The molecule has 0 aliphatic carbocycles. The van der Waals surface area contributed by atoms with E-state index in [0.717, 1.165) is 26.2 Å². The number of hydrogen-bond donors (Lipinski definition) is 1. The van der Waals surface area contributed by atoms with Gasteiger partial charge in [-0.3, -0.25) is 4.90 Å². The lowest BCUT2D eigenvalue weighted by Gasteiger charge is -2.15. The molecule has 3 nitrogen and oxygen atoms in total. The van der Waals surface area contributed by atoms with Crippen LogP contribution in [-0.4, -0.2) is 36.7 Å². The normalized spacial score (nSPS) is 26.1. The third-order valence-electron chi connectivity index (χ3n) is 3.01. The molecule has 1 saturated heterocycles. The zero-order valence-corrected chi connectivity index (χ0v) is 9.80. The average Bonchev–Trinajstić information content (AvgIpc) is 2.61. The van der Waals surface area contributed by atoms with Gasteiger partial charge in [0.05, 0.1) is 6.10 Å². The zero-order chi connectivity index (χ0) is 11.4. The van der Waals surface area contributed by atoms with Gasteiger partial charge in [-0.25, -0.2) is 0 Å². The Balaban J connectivity index is 1.89. The molecule has 0 amide bonds. The van der Waals surface area contributed by atoms with Crippen LogP contribution in [-0.2, 0) is 11.3 Å². The van der Waals surface area contributed by atoms with Gasteiger partial charge in [0.25, 0.3) is 0 Å². The van der Waals surface area contributed by atoms with Crippen molar-refractivity contribution < 1.29 is 4.74 Å². The topological polar surface area (TPSA) is 38.5 Å². The Hall–Kier alpha value is -0.900. The van der Waals surface area contributed by atoms with Crippen molar-refractivity contribution in [2.75, 3.05) is 19.7 Å². The molecule has 3 heteroatoms.